The molecular formula is C19H25NO2. The third-order valence-electron chi connectivity index (χ3n) is 3.20. The summed E-state index contributed by atoms with van der Waals surface area (Å²) in [6.45, 7) is 6.52. The first-order chi connectivity index (χ1) is 10.8. The Kier molecular flexibility index (Phi) is 6.62. The molecule has 0 heterocycles. The highest BCUT2D eigenvalue weighted by molar-refractivity contribution is 5.48. The second kappa shape index (κ2) is 8.98. The molecule has 2 aromatic carbocycles. The first-order valence-corrected chi connectivity index (χ1v) is 8.00. The molecule has 3 nitrogen and oxygen atoms in total. The van der Waals surface area contributed by atoms with Crippen molar-refractivity contribution in [2.75, 3.05) is 18.5 Å². The lowest BCUT2D eigenvalue weighted by Crippen LogP contribution is -2.01. The highest BCUT2D eigenvalue weighted by Crippen LogP contribution is 2.19. The summed E-state index contributed by atoms with van der Waals surface area (Å²) in [7, 11) is 0. The van der Waals surface area contributed by atoms with Crippen LogP contribution in [0, 0.1) is 0 Å². The third-order valence-corrected chi connectivity index (χ3v) is 3.20. The van der Waals surface area contributed by atoms with Crippen molar-refractivity contribution in [2.45, 2.75) is 33.2 Å². The van der Waals surface area contributed by atoms with Crippen LogP contribution in [-0.4, -0.2) is 13.2 Å². The van der Waals surface area contributed by atoms with Gasteiger partial charge >= 0.3 is 0 Å². The van der Waals surface area contributed by atoms with Crippen molar-refractivity contribution in [1.29, 1.82) is 0 Å². The lowest BCUT2D eigenvalue weighted by Gasteiger charge is -2.10. The van der Waals surface area contributed by atoms with Crippen molar-refractivity contribution in [3.8, 4) is 11.5 Å². The van der Waals surface area contributed by atoms with Crippen molar-refractivity contribution in [1.82, 2.24) is 0 Å². The average Bonchev–Trinajstić information content (AvgIpc) is 2.57. The van der Waals surface area contributed by atoms with Gasteiger partial charge in [0.05, 0.1) is 13.2 Å². The zero-order chi connectivity index (χ0) is 15.6. The average molecular weight is 299 g/mol. The summed E-state index contributed by atoms with van der Waals surface area (Å²) in [5.41, 5.74) is 2.30. The molecule has 0 aliphatic rings. The van der Waals surface area contributed by atoms with Gasteiger partial charge < -0.3 is 14.8 Å². The quantitative estimate of drug-likeness (QED) is 0.716. The van der Waals surface area contributed by atoms with E-state index in [9.17, 15) is 0 Å². The molecule has 0 atom stereocenters. The maximum atomic E-state index is 5.64. The van der Waals surface area contributed by atoms with Gasteiger partial charge in [-0.15, -0.1) is 0 Å². The standard InChI is InChI=1S/C19H25NO2/c1-3-12-21-18-10-8-16(9-11-18)15-20-17-6-5-7-19(14-17)22-13-4-2/h5-11,14,20H,3-4,12-13,15H2,1-2H3. The van der Waals surface area contributed by atoms with Gasteiger partial charge in [-0.05, 0) is 42.7 Å². The van der Waals surface area contributed by atoms with Crippen LogP contribution in [-0.2, 0) is 6.54 Å². The molecule has 0 spiro atoms. The summed E-state index contributed by atoms with van der Waals surface area (Å²) in [5.74, 6) is 1.84. The predicted octanol–water partition coefficient (Wildman–Crippen LogP) is 4.88. The molecule has 2 rings (SSSR count). The number of rotatable bonds is 9. The number of ether oxygens (including phenoxy) is 2. The normalized spacial score (nSPS) is 10.3. The molecule has 0 aliphatic carbocycles. The molecule has 3 heteroatoms. The van der Waals surface area contributed by atoms with Crippen molar-refractivity contribution in [3.63, 3.8) is 0 Å². The Morgan fingerprint density at radius 1 is 0.818 bits per heavy atom. The van der Waals surface area contributed by atoms with Gasteiger partial charge in [0.25, 0.3) is 0 Å². The van der Waals surface area contributed by atoms with E-state index in [1.807, 2.05) is 30.3 Å². The van der Waals surface area contributed by atoms with Gasteiger partial charge in [0.2, 0.25) is 0 Å². The minimum absolute atomic E-state index is 0.753. The van der Waals surface area contributed by atoms with E-state index in [1.165, 1.54) is 5.56 Å². The molecule has 0 saturated heterocycles. The second-order valence-electron chi connectivity index (χ2n) is 5.22. The molecule has 0 amide bonds. The molecular weight excluding hydrogens is 274 g/mol. The van der Waals surface area contributed by atoms with E-state index in [2.05, 4.69) is 37.4 Å². The zero-order valence-corrected chi connectivity index (χ0v) is 13.5. The van der Waals surface area contributed by atoms with E-state index in [0.717, 1.165) is 49.8 Å². The number of hydrogen-bond acceptors (Lipinski definition) is 3. The van der Waals surface area contributed by atoms with Gasteiger partial charge in [0.1, 0.15) is 11.5 Å². The Morgan fingerprint density at radius 3 is 2.18 bits per heavy atom. The Balaban J connectivity index is 1.86. The van der Waals surface area contributed by atoms with Crippen LogP contribution in [0.1, 0.15) is 32.3 Å². The van der Waals surface area contributed by atoms with Crippen LogP contribution in [0.2, 0.25) is 0 Å². The molecule has 0 saturated carbocycles. The van der Waals surface area contributed by atoms with E-state index in [4.69, 9.17) is 9.47 Å². The maximum absolute atomic E-state index is 5.64. The van der Waals surface area contributed by atoms with Crippen LogP contribution < -0.4 is 14.8 Å². The molecule has 0 unspecified atom stereocenters. The number of benzene rings is 2. The van der Waals surface area contributed by atoms with E-state index in [-0.39, 0.29) is 0 Å². The van der Waals surface area contributed by atoms with Crippen LogP contribution in [0.4, 0.5) is 5.69 Å². The SMILES string of the molecule is CCCOc1ccc(CNc2cccc(OCCC)c2)cc1. The van der Waals surface area contributed by atoms with Gasteiger partial charge in [-0.25, -0.2) is 0 Å². The molecule has 0 fully saturated rings. The van der Waals surface area contributed by atoms with E-state index in [0.29, 0.717) is 0 Å². The summed E-state index contributed by atoms with van der Waals surface area (Å²) >= 11 is 0. The maximum Gasteiger partial charge on any atom is 0.121 e. The monoisotopic (exact) mass is 299 g/mol. The van der Waals surface area contributed by atoms with Crippen LogP contribution in [0.25, 0.3) is 0 Å². The third kappa shape index (κ3) is 5.32. The molecule has 0 bridgehead atoms. The summed E-state index contributed by atoms with van der Waals surface area (Å²) in [4.78, 5) is 0. The fraction of sp³-hybridized carbons (Fsp3) is 0.368. The van der Waals surface area contributed by atoms with Crippen LogP contribution >= 0.6 is 0 Å². The highest BCUT2D eigenvalue weighted by Gasteiger charge is 1.98. The summed E-state index contributed by atoms with van der Waals surface area (Å²) in [6, 6.07) is 16.3. The Hall–Kier alpha value is -2.16. The van der Waals surface area contributed by atoms with Gasteiger partial charge in [-0.1, -0.05) is 32.0 Å². The summed E-state index contributed by atoms with van der Waals surface area (Å²) in [6.07, 6.45) is 2.05. The predicted molar refractivity (Wildman–Crippen MR) is 91.8 cm³/mol. The van der Waals surface area contributed by atoms with Crippen LogP contribution in [0.3, 0.4) is 0 Å². The Labute approximate surface area is 133 Å². The minimum atomic E-state index is 0.753. The molecule has 0 radical (unpaired) electrons. The van der Waals surface area contributed by atoms with Gasteiger partial charge in [-0.2, -0.15) is 0 Å². The fourth-order valence-electron chi connectivity index (χ4n) is 2.04. The van der Waals surface area contributed by atoms with Gasteiger partial charge in [-0.3, -0.25) is 0 Å². The number of nitrogens with one attached hydrogen (secondary N) is 1. The Bertz CT molecular complexity index is 552. The summed E-state index contributed by atoms with van der Waals surface area (Å²) < 4.78 is 11.2. The number of anilines is 1. The molecule has 22 heavy (non-hydrogen) atoms. The second-order valence-corrected chi connectivity index (χ2v) is 5.22. The Morgan fingerprint density at radius 2 is 1.50 bits per heavy atom. The van der Waals surface area contributed by atoms with E-state index < -0.39 is 0 Å². The van der Waals surface area contributed by atoms with Crippen molar-refractivity contribution in [3.05, 3.63) is 54.1 Å². The fourth-order valence-corrected chi connectivity index (χ4v) is 2.04. The lowest BCUT2D eigenvalue weighted by molar-refractivity contribution is 0.317. The smallest absolute Gasteiger partial charge is 0.121 e. The van der Waals surface area contributed by atoms with Gasteiger partial charge in [0, 0.05) is 18.3 Å². The van der Waals surface area contributed by atoms with Crippen molar-refractivity contribution in [2.24, 2.45) is 0 Å². The topological polar surface area (TPSA) is 30.5 Å². The molecule has 1 N–H and O–H groups in total. The first-order valence-electron chi connectivity index (χ1n) is 8.00. The van der Waals surface area contributed by atoms with Crippen molar-refractivity contribution >= 4 is 5.69 Å². The van der Waals surface area contributed by atoms with Gasteiger partial charge in [0.15, 0.2) is 0 Å². The molecule has 0 aromatic heterocycles. The summed E-state index contributed by atoms with van der Waals surface area (Å²) in [5, 5.41) is 3.42. The number of hydrogen-bond donors (Lipinski definition) is 1. The van der Waals surface area contributed by atoms with Crippen molar-refractivity contribution < 1.29 is 9.47 Å². The van der Waals surface area contributed by atoms with E-state index >= 15 is 0 Å². The zero-order valence-electron chi connectivity index (χ0n) is 13.5. The van der Waals surface area contributed by atoms with Crippen LogP contribution in [0.15, 0.2) is 48.5 Å². The molecule has 2 aromatic rings. The highest BCUT2D eigenvalue weighted by atomic mass is 16.5. The lowest BCUT2D eigenvalue weighted by atomic mass is 10.2. The van der Waals surface area contributed by atoms with Crippen LogP contribution in [0.5, 0.6) is 11.5 Å². The van der Waals surface area contributed by atoms with E-state index in [1.54, 1.807) is 0 Å². The molecule has 118 valence electrons. The first kappa shape index (κ1) is 16.2. The minimum Gasteiger partial charge on any atom is -0.494 e. The molecule has 0 aliphatic heterocycles. The largest absolute Gasteiger partial charge is 0.494 e.